The first-order chi connectivity index (χ1) is 12.9. The van der Waals surface area contributed by atoms with Crippen molar-refractivity contribution in [3.05, 3.63) is 90.0 Å². The highest BCUT2D eigenvalue weighted by atomic mass is 32.2. The van der Waals surface area contributed by atoms with Gasteiger partial charge in [0.15, 0.2) is 0 Å². The van der Waals surface area contributed by atoms with Crippen LogP contribution in [0.25, 0.3) is 0 Å². The second kappa shape index (κ2) is 7.63. The van der Waals surface area contributed by atoms with Crippen molar-refractivity contribution in [2.24, 2.45) is 0 Å². The molecule has 0 heterocycles. The van der Waals surface area contributed by atoms with Gasteiger partial charge in [-0.1, -0.05) is 48.0 Å². The van der Waals surface area contributed by atoms with Gasteiger partial charge in [-0.05, 0) is 43.3 Å². The molecule has 0 aliphatic carbocycles. The van der Waals surface area contributed by atoms with Crippen LogP contribution in [0.2, 0.25) is 0 Å². The summed E-state index contributed by atoms with van der Waals surface area (Å²) in [6.45, 7) is 1.93. The summed E-state index contributed by atoms with van der Waals surface area (Å²) in [5.41, 5.74) is 2.28. The number of para-hydroxylation sites is 2. The van der Waals surface area contributed by atoms with Crippen LogP contribution in [0.4, 0.5) is 11.4 Å². The van der Waals surface area contributed by atoms with E-state index in [-0.39, 0.29) is 16.5 Å². The lowest BCUT2D eigenvalue weighted by Crippen LogP contribution is -2.27. The van der Waals surface area contributed by atoms with Crippen LogP contribution in [0.15, 0.2) is 83.8 Å². The molecule has 0 aromatic heterocycles. The van der Waals surface area contributed by atoms with E-state index in [1.54, 1.807) is 54.6 Å². The molecule has 6 heteroatoms. The van der Waals surface area contributed by atoms with Gasteiger partial charge in [-0.3, -0.25) is 9.10 Å². The van der Waals surface area contributed by atoms with E-state index in [0.29, 0.717) is 11.3 Å². The first-order valence-corrected chi connectivity index (χ1v) is 9.84. The van der Waals surface area contributed by atoms with E-state index in [0.717, 1.165) is 5.56 Å². The Hall–Kier alpha value is -3.12. The van der Waals surface area contributed by atoms with Gasteiger partial charge in [-0.15, -0.1) is 0 Å². The van der Waals surface area contributed by atoms with E-state index in [1.807, 2.05) is 25.1 Å². The topological polar surface area (TPSA) is 66.5 Å². The van der Waals surface area contributed by atoms with Gasteiger partial charge in [0.1, 0.15) is 4.90 Å². The summed E-state index contributed by atoms with van der Waals surface area (Å²) in [7, 11) is -2.35. The molecule has 5 nitrogen and oxygen atoms in total. The van der Waals surface area contributed by atoms with Crippen molar-refractivity contribution in [2.75, 3.05) is 16.7 Å². The van der Waals surface area contributed by atoms with Crippen LogP contribution >= 0.6 is 0 Å². The summed E-state index contributed by atoms with van der Waals surface area (Å²) in [5, 5.41) is 2.71. The number of rotatable bonds is 5. The number of hydrogen-bond donors (Lipinski definition) is 1. The largest absolute Gasteiger partial charge is 0.321 e. The molecular weight excluding hydrogens is 360 g/mol. The molecule has 0 atom stereocenters. The van der Waals surface area contributed by atoms with E-state index in [1.165, 1.54) is 17.4 Å². The zero-order valence-corrected chi connectivity index (χ0v) is 15.9. The van der Waals surface area contributed by atoms with Crippen molar-refractivity contribution in [3.63, 3.8) is 0 Å². The third kappa shape index (κ3) is 4.01. The molecule has 27 heavy (non-hydrogen) atoms. The molecule has 0 bridgehead atoms. The van der Waals surface area contributed by atoms with Gasteiger partial charge < -0.3 is 5.32 Å². The predicted molar refractivity (Wildman–Crippen MR) is 108 cm³/mol. The Morgan fingerprint density at radius 2 is 1.44 bits per heavy atom. The van der Waals surface area contributed by atoms with Crippen LogP contribution in [0.1, 0.15) is 15.9 Å². The van der Waals surface area contributed by atoms with Gasteiger partial charge in [0, 0.05) is 12.6 Å². The predicted octanol–water partition coefficient (Wildman–Crippen LogP) is 4.07. The van der Waals surface area contributed by atoms with Gasteiger partial charge in [0.2, 0.25) is 0 Å². The second-order valence-corrected chi connectivity index (χ2v) is 8.06. The SMILES string of the molecule is Cc1ccc(C(=O)Nc2ccccc2S(=O)(=O)N(C)c2ccccc2)cc1. The number of anilines is 2. The molecule has 0 aliphatic heterocycles. The summed E-state index contributed by atoms with van der Waals surface area (Å²) in [6.07, 6.45) is 0. The van der Waals surface area contributed by atoms with Crippen molar-refractivity contribution < 1.29 is 13.2 Å². The van der Waals surface area contributed by atoms with E-state index >= 15 is 0 Å². The van der Waals surface area contributed by atoms with E-state index in [4.69, 9.17) is 0 Å². The molecule has 0 fully saturated rings. The molecule has 1 amide bonds. The van der Waals surface area contributed by atoms with Gasteiger partial charge in [-0.2, -0.15) is 0 Å². The lowest BCUT2D eigenvalue weighted by molar-refractivity contribution is 0.102. The van der Waals surface area contributed by atoms with Crippen molar-refractivity contribution in [2.45, 2.75) is 11.8 Å². The fourth-order valence-electron chi connectivity index (χ4n) is 2.62. The molecule has 0 saturated carbocycles. The molecule has 1 N–H and O–H groups in total. The normalized spacial score (nSPS) is 11.0. The standard InChI is InChI=1S/C21H20N2O3S/c1-16-12-14-17(15-13-16)21(24)22-19-10-6-7-11-20(19)27(25,26)23(2)18-8-4-3-5-9-18/h3-15H,1-2H3,(H,22,24). The average molecular weight is 380 g/mol. The molecule has 0 radical (unpaired) electrons. The van der Waals surface area contributed by atoms with Crippen LogP contribution < -0.4 is 9.62 Å². The third-order valence-corrected chi connectivity index (χ3v) is 6.05. The number of nitrogens with zero attached hydrogens (tertiary/aromatic N) is 1. The number of sulfonamides is 1. The smallest absolute Gasteiger partial charge is 0.266 e. The summed E-state index contributed by atoms with van der Waals surface area (Å²) < 4.78 is 27.4. The minimum Gasteiger partial charge on any atom is -0.321 e. The average Bonchev–Trinajstić information content (AvgIpc) is 2.69. The fourth-order valence-corrected chi connectivity index (χ4v) is 3.96. The third-order valence-electron chi connectivity index (χ3n) is 4.21. The first kappa shape index (κ1) is 18.7. The Morgan fingerprint density at radius 3 is 2.11 bits per heavy atom. The summed E-state index contributed by atoms with van der Waals surface area (Å²) in [5.74, 6) is -0.361. The van der Waals surface area contributed by atoms with Crippen molar-refractivity contribution >= 4 is 27.3 Å². The van der Waals surface area contributed by atoms with Crippen molar-refractivity contribution in [1.82, 2.24) is 0 Å². The lowest BCUT2D eigenvalue weighted by Gasteiger charge is -2.21. The van der Waals surface area contributed by atoms with E-state index in [9.17, 15) is 13.2 Å². The Labute approximate surface area is 159 Å². The zero-order chi connectivity index (χ0) is 19.4. The van der Waals surface area contributed by atoms with Gasteiger partial charge in [0.25, 0.3) is 15.9 Å². The quantitative estimate of drug-likeness (QED) is 0.725. The highest BCUT2D eigenvalue weighted by Crippen LogP contribution is 2.27. The number of nitrogens with one attached hydrogen (secondary N) is 1. The summed E-state index contributed by atoms with van der Waals surface area (Å²) in [4.78, 5) is 12.6. The van der Waals surface area contributed by atoms with Crippen molar-refractivity contribution in [3.8, 4) is 0 Å². The zero-order valence-electron chi connectivity index (χ0n) is 15.1. The number of carbonyl (C=O) groups excluding carboxylic acids is 1. The summed E-state index contributed by atoms with van der Waals surface area (Å²) in [6, 6.07) is 22.3. The highest BCUT2D eigenvalue weighted by molar-refractivity contribution is 7.93. The maximum Gasteiger partial charge on any atom is 0.266 e. The lowest BCUT2D eigenvalue weighted by atomic mass is 10.1. The highest BCUT2D eigenvalue weighted by Gasteiger charge is 2.25. The van der Waals surface area contributed by atoms with E-state index in [2.05, 4.69) is 5.32 Å². The number of hydrogen-bond acceptors (Lipinski definition) is 3. The molecule has 0 unspecified atom stereocenters. The molecule has 3 aromatic rings. The molecule has 0 spiro atoms. The summed E-state index contributed by atoms with van der Waals surface area (Å²) >= 11 is 0. The van der Waals surface area contributed by atoms with Crippen LogP contribution in [0.5, 0.6) is 0 Å². The molecule has 0 aliphatic rings. The first-order valence-electron chi connectivity index (χ1n) is 8.40. The Morgan fingerprint density at radius 1 is 0.852 bits per heavy atom. The Balaban J connectivity index is 1.93. The minimum absolute atomic E-state index is 0.0387. The van der Waals surface area contributed by atoms with Crippen LogP contribution in [-0.2, 0) is 10.0 Å². The Bertz CT molecular complexity index is 1050. The Kier molecular flexibility index (Phi) is 5.28. The van der Waals surface area contributed by atoms with Gasteiger partial charge in [0.05, 0.1) is 11.4 Å². The van der Waals surface area contributed by atoms with Gasteiger partial charge in [-0.25, -0.2) is 8.42 Å². The number of amides is 1. The number of carbonyl (C=O) groups is 1. The molecule has 3 rings (SSSR count). The van der Waals surface area contributed by atoms with Gasteiger partial charge >= 0.3 is 0 Å². The van der Waals surface area contributed by atoms with Crippen LogP contribution in [0, 0.1) is 6.92 Å². The van der Waals surface area contributed by atoms with E-state index < -0.39 is 10.0 Å². The molecule has 3 aromatic carbocycles. The van der Waals surface area contributed by atoms with Crippen LogP contribution in [-0.4, -0.2) is 21.4 Å². The number of aryl methyl sites for hydroxylation is 1. The monoisotopic (exact) mass is 380 g/mol. The minimum atomic E-state index is -3.84. The maximum atomic E-state index is 13.1. The molecular formula is C21H20N2O3S. The van der Waals surface area contributed by atoms with Crippen molar-refractivity contribution in [1.29, 1.82) is 0 Å². The fraction of sp³-hybridized carbons (Fsp3) is 0.0952. The molecule has 138 valence electrons. The number of benzene rings is 3. The maximum absolute atomic E-state index is 13.1. The van der Waals surface area contributed by atoms with Crippen LogP contribution in [0.3, 0.4) is 0 Å². The second-order valence-electron chi connectivity index (χ2n) is 6.12. The molecule has 0 saturated heterocycles.